The molecule has 0 fully saturated rings. The van der Waals surface area contributed by atoms with Crippen molar-refractivity contribution < 1.29 is 51.2 Å². The van der Waals surface area contributed by atoms with Crippen LogP contribution < -0.4 is 0 Å². The fourth-order valence-electron chi connectivity index (χ4n) is 0. The first-order chi connectivity index (χ1) is 0. The smallest absolute Gasteiger partial charge is 2.00 e. The molecular formula is H2Cr2O3. The Hall–Kier alpha value is 0.945. The molecule has 0 aromatic rings. The summed E-state index contributed by atoms with van der Waals surface area (Å²) in [5, 5.41) is 0. The molecule has 0 aliphatic rings. The Morgan fingerprint density at radius 2 is 0.600 bits per heavy atom. The van der Waals surface area contributed by atoms with Crippen LogP contribution in [-0.2, 0) is 40.2 Å². The van der Waals surface area contributed by atoms with Crippen molar-refractivity contribution in [2.24, 2.45) is 0 Å². The first kappa shape index (κ1) is 163. The van der Waals surface area contributed by atoms with Crippen molar-refractivity contribution in [1.29, 1.82) is 0 Å². The van der Waals surface area contributed by atoms with E-state index in [1.54, 1.807) is 0 Å². The van der Waals surface area contributed by atoms with E-state index in [1.807, 2.05) is 0 Å². The van der Waals surface area contributed by atoms with E-state index in [0.29, 0.717) is 0 Å². The Labute approximate surface area is 51.6 Å². The number of rotatable bonds is 0. The largest absolute Gasteiger partial charge is 2.00 e. The Morgan fingerprint density at radius 1 is 0.600 bits per heavy atom. The van der Waals surface area contributed by atoms with Crippen LogP contribution in [0.25, 0.3) is 0 Å². The van der Waals surface area contributed by atoms with E-state index in [1.165, 1.54) is 0 Å². The van der Waals surface area contributed by atoms with Gasteiger partial charge < -0.3 is 16.4 Å². The van der Waals surface area contributed by atoms with E-state index >= 15 is 0 Å². The SMILES string of the molecule is [Cr+2].[Cr+2].[O-2].[OH-].[OH-]. The minimum absolute atomic E-state index is 0. The molecule has 0 aliphatic carbocycles. The van der Waals surface area contributed by atoms with Crippen LogP contribution >= 0.6 is 0 Å². The van der Waals surface area contributed by atoms with Crippen molar-refractivity contribution in [3.63, 3.8) is 0 Å². The second kappa shape index (κ2) is 86.2. The molecule has 5 heavy (non-hydrogen) atoms. The van der Waals surface area contributed by atoms with E-state index in [-0.39, 0.29) is 51.2 Å². The molecule has 0 saturated heterocycles. The Kier molecular flexibility index (Phi) is 2810. The van der Waals surface area contributed by atoms with Gasteiger partial charge >= 0.3 is 34.7 Å². The predicted molar refractivity (Wildman–Crippen MR) is 4.56 cm³/mol. The van der Waals surface area contributed by atoms with Gasteiger partial charge in [0.25, 0.3) is 0 Å². The molecule has 0 aromatic carbocycles. The Bertz CT molecular complexity index is 4.85. The Balaban J connectivity index is 0. The van der Waals surface area contributed by atoms with Gasteiger partial charge in [0.15, 0.2) is 0 Å². The van der Waals surface area contributed by atoms with Crippen molar-refractivity contribution in [2.45, 2.75) is 0 Å². The predicted octanol–water partition coefficient (Wildman–Crippen LogP) is -0.477. The third-order valence-electron chi connectivity index (χ3n) is 0. The second-order valence-corrected chi connectivity index (χ2v) is 0. The van der Waals surface area contributed by atoms with Crippen molar-refractivity contribution in [3.8, 4) is 0 Å². The van der Waals surface area contributed by atoms with Crippen molar-refractivity contribution in [1.82, 2.24) is 0 Å². The molecule has 5 heteroatoms. The summed E-state index contributed by atoms with van der Waals surface area (Å²) >= 11 is 0. The zero-order valence-electron chi connectivity index (χ0n) is 2.12. The van der Waals surface area contributed by atoms with Crippen LogP contribution in [0.15, 0.2) is 0 Å². The van der Waals surface area contributed by atoms with Gasteiger partial charge in [0.2, 0.25) is 0 Å². The summed E-state index contributed by atoms with van der Waals surface area (Å²) in [7, 11) is 0. The van der Waals surface area contributed by atoms with E-state index < -0.39 is 0 Å². The van der Waals surface area contributed by atoms with E-state index in [4.69, 9.17) is 0 Å². The van der Waals surface area contributed by atoms with Gasteiger partial charge in [-0.2, -0.15) is 0 Å². The van der Waals surface area contributed by atoms with Crippen molar-refractivity contribution >= 4 is 0 Å². The van der Waals surface area contributed by atoms with Crippen LogP contribution in [0.5, 0.6) is 0 Å². The van der Waals surface area contributed by atoms with Gasteiger partial charge in [-0.25, -0.2) is 0 Å². The summed E-state index contributed by atoms with van der Waals surface area (Å²) in [6, 6.07) is 0. The van der Waals surface area contributed by atoms with Gasteiger partial charge in [-0.05, 0) is 0 Å². The Morgan fingerprint density at radius 3 is 0.600 bits per heavy atom. The van der Waals surface area contributed by atoms with Gasteiger partial charge in [0.1, 0.15) is 0 Å². The summed E-state index contributed by atoms with van der Waals surface area (Å²) in [6.07, 6.45) is 0. The normalized spacial score (nSPS) is 0. The van der Waals surface area contributed by atoms with Gasteiger partial charge in [0, 0.05) is 0 Å². The molecular weight excluding hydrogens is 152 g/mol. The summed E-state index contributed by atoms with van der Waals surface area (Å²) in [6.45, 7) is 0. The van der Waals surface area contributed by atoms with Crippen LogP contribution in [0, 0.1) is 0 Å². The quantitative estimate of drug-likeness (QED) is 0.471. The van der Waals surface area contributed by atoms with Gasteiger partial charge in [-0.3, -0.25) is 0 Å². The van der Waals surface area contributed by atoms with Gasteiger partial charge in [0.05, 0.1) is 0 Å². The van der Waals surface area contributed by atoms with Crippen LogP contribution in [0.3, 0.4) is 0 Å². The van der Waals surface area contributed by atoms with Crippen molar-refractivity contribution in [3.05, 3.63) is 0 Å². The average Bonchev–Trinajstić information content (AvgIpc) is 0. The van der Waals surface area contributed by atoms with Crippen molar-refractivity contribution in [2.75, 3.05) is 0 Å². The van der Waals surface area contributed by atoms with Crippen LogP contribution in [0.2, 0.25) is 0 Å². The van der Waals surface area contributed by atoms with Crippen LogP contribution in [0.4, 0.5) is 0 Å². The fourth-order valence-corrected chi connectivity index (χ4v) is 0. The summed E-state index contributed by atoms with van der Waals surface area (Å²) in [5.41, 5.74) is 0. The third-order valence-corrected chi connectivity index (χ3v) is 0. The third kappa shape index (κ3) is 48.0. The maximum Gasteiger partial charge on any atom is 2.00 e. The molecule has 0 radical (unpaired) electrons. The van der Waals surface area contributed by atoms with Gasteiger partial charge in [-0.1, -0.05) is 0 Å². The van der Waals surface area contributed by atoms with E-state index in [9.17, 15) is 0 Å². The first-order valence-corrected chi connectivity index (χ1v) is 0. The number of hydrogen-bond acceptors (Lipinski definition) is 2. The molecule has 0 unspecified atom stereocenters. The van der Waals surface area contributed by atoms with E-state index in [0.717, 1.165) is 0 Å². The minimum Gasteiger partial charge on any atom is -2.00 e. The molecule has 0 amide bonds. The maximum atomic E-state index is 0. The molecule has 32 valence electrons. The number of hydrogen-bond donors (Lipinski definition) is 0. The summed E-state index contributed by atoms with van der Waals surface area (Å²) in [5.74, 6) is 0. The molecule has 0 rings (SSSR count). The molecule has 0 spiro atoms. The van der Waals surface area contributed by atoms with Gasteiger partial charge in [-0.15, -0.1) is 0 Å². The molecule has 0 heterocycles. The topological polar surface area (TPSA) is 88.5 Å². The summed E-state index contributed by atoms with van der Waals surface area (Å²) in [4.78, 5) is 0. The fraction of sp³-hybridized carbons (Fsp3) is 0. The first-order valence-electron chi connectivity index (χ1n) is 0. The van der Waals surface area contributed by atoms with E-state index in [2.05, 4.69) is 0 Å². The maximum absolute atomic E-state index is 0. The standard InChI is InChI=1S/2Cr.2H2O.O/h;;2*1H2;/q2*+2;;;-2/p-2. The average molecular weight is 154 g/mol. The molecule has 0 aliphatic heterocycles. The molecule has 0 aromatic heterocycles. The van der Waals surface area contributed by atoms with Crippen LogP contribution in [0.1, 0.15) is 0 Å². The van der Waals surface area contributed by atoms with Crippen LogP contribution in [-0.4, -0.2) is 11.0 Å². The molecule has 3 nitrogen and oxygen atoms in total. The molecule has 0 atom stereocenters. The second-order valence-electron chi connectivity index (χ2n) is 0. The zero-order valence-corrected chi connectivity index (χ0v) is 4.67. The minimum atomic E-state index is 0. The molecule has 0 bridgehead atoms. The summed E-state index contributed by atoms with van der Waals surface area (Å²) < 4.78 is 0. The molecule has 2 N–H and O–H groups in total. The zero-order chi connectivity index (χ0) is 0. The monoisotopic (exact) mass is 154 g/mol. The molecule has 0 saturated carbocycles.